The Bertz CT molecular complexity index is 467. The zero-order valence-electron chi connectivity index (χ0n) is 7.97. The van der Waals surface area contributed by atoms with Crippen molar-refractivity contribution in [3.63, 3.8) is 0 Å². The van der Waals surface area contributed by atoms with Crippen LogP contribution >= 0.6 is 11.3 Å². The van der Waals surface area contributed by atoms with Crippen molar-refractivity contribution in [2.75, 3.05) is 6.79 Å². The van der Waals surface area contributed by atoms with E-state index >= 15 is 0 Å². The van der Waals surface area contributed by atoms with Crippen molar-refractivity contribution in [2.45, 2.75) is 6.42 Å². The van der Waals surface area contributed by atoms with Gasteiger partial charge in [0.15, 0.2) is 11.5 Å². The molecule has 0 bridgehead atoms. The van der Waals surface area contributed by atoms with Gasteiger partial charge in [0, 0.05) is 17.5 Å². The molecule has 0 unspecified atom stereocenters. The Morgan fingerprint density at radius 1 is 1.27 bits per heavy atom. The van der Waals surface area contributed by atoms with E-state index in [0.29, 0.717) is 6.79 Å². The minimum Gasteiger partial charge on any atom is -0.454 e. The molecule has 0 aliphatic carbocycles. The Balaban J connectivity index is 1.87. The maximum absolute atomic E-state index is 5.32. The number of nitrogens with zero attached hydrogens (tertiary/aromatic N) is 1. The van der Waals surface area contributed by atoms with Gasteiger partial charge in [-0.15, -0.1) is 11.3 Å². The fourth-order valence-corrected chi connectivity index (χ4v) is 2.21. The highest BCUT2D eigenvalue weighted by Crippen LogP contribution is 2.33. The number of benzene rings is 1. The monoisotopic (exact) mass is 219 g/mol. The van der Waals surface area contributed by atoms with Crippen LogP contribution in [0.15, 0.2) is 29.9 Å². The highest BCUT2D eigenvalue weighted by atomic mass is 32.1. The van der Waals surface area contributed by atoms with Crippen molar-refractivity contribution >= 4 is 11.3 Å². The van der Waals surface area contributed by atoms with Crippen LogP contribution in [0.1, 0.15) is 10.4 Å². The quantitative estimate of drug-likeness (QED) is 0.777. The van der Waals surface area contributed by atoms with Gasteiger partial charge in [0.05, 0.1) is 5.51 Å². The van der Waals surface area contributed by atoms with E-state index in [4.69, 9.17) is 9.47 Å². The van der Waals surface area contributed by atoms with Gasteiger partial charge in [-0.05, 0) is 17.7 Å². The maximum Gasteiger partial charge on any atom is 0.231 e. The Morgan fingerprint density at radius 2 is 2.20 bits per heavy atom. The smallest absolute Gasteiger partial charge is 0.231 e. The van der Waals surface area contributed by atoms with Crippen LogP contribution < -0.4 is 9.47 Å². The lowest BCUT2D eigenvalue weighted by atomic mass is 10.1. The van der Waals surface area contributed by atoms with Gasteiger partial charge in [-0.1, -0.05) is 6.07 Å². The molecule has 0 saturated heterocycles. The number of fused-ring (bicyclic) bond motifs is 1. The molecular formula is C11H9NO2S. The van der Waals surface area contributed by atoms with E-state index in [1.807, 2.05) is 23.8 Å². The molecule has 0 spiro atoms. The van der Waals surface area contributed by atoms with Crippen LogP contribution in [0.5, 0.6) is 11.5 Å². The number of hydrogen-bond acceptors (Lipinski definition) is 4. The highest BCUT2D eigenvalue weighted by molar-refractivity contribution is 7.09. The van der Waals surface area contributed by atoms with Gasteiger partial charge in [0.1, 0.15) is 0 Å². The predicted octanol–water partition coefficient (Wildman–Crippen LogP) is 2.46. The molecule has 0 N–H and O–H groups in total. The standard InChI is InChI=1S/C11H9NO2S/c1-2-10-11(14-7-13-10)4-8(1)3-9-5-12-6-15-9/h1-2,4-6H,3,7H2. The van der Waals surface area contributed by atoms with E-state index in [1.165, 1.54) is 10.4 Å². The Morgan fingerprint density at radius 3 is 3.07 bits per heavy atom. The van der Waals surface area contributed by atoms with Crippen molar-refractivity contribution in [1.82, 2.24) is 4.98 Å². The highest BCUT2D eigenvalue weighted by Gasteiger charge is 2.13. The minimum atomic E-state index is 0.333. The third-order valence-electron chi connectivity index (χ3n) is 2.30. The maximum atomic E-state index is 5.32. The Labute approximate surface area is 91.3 Å². The SMILES string of the molecule is c1ncc(Cc2ccc3c(c2)OCO3)s1. The van der Waals surface area contributed by atoms with Crippen molar-refractivity contribution < 1.29 is 9.47 Å². The van der Waals surface area contributed by atoms with E-state index < -0.39 is 0 Å². The van der Waals surface area contributed by atoms with Crippen molar-refractivity contribution in [3.05, 3.63) is 40.3 Å². The number of ether oxygens (including phenoxy) is 2. The molecule has 3 nitrogen and oxygen atoms in total. The van der Waals surface area contributed by atoms with Gasteiger partial charge < -0.3 is 9.47 Å². The molecule has 1 aromatic carbocycles. The first-order valence-electron chi connectivity index (χ1n) is 4.68. The lowest BCUT2D eigenvalue weighted by Crippen LogP contribution is -1.92. The van der Waals surface area contributed by atoms with Crippen LogP contribution in [0.2, 0.25) is 0 Å². The van der Waals surface area contributed by atoms with Gasteiger partial charge >= 0.3 is 0 Å². The molecule has 0 saturated carbocycles. The summed E-state index contributed by atoms with van der Waals surface area (Å²) in [5, 5.41) is 0. The number of rotatable bonds is 2. The third kappa shape index (κ3) is 1.68. The largest absolute Gasteiger partial charge is 0.454 e. The first kappa shape index (κ1) is 8.73. The van der Waals surface area contributed by atoms with Crippen LogP contribution in [0, 0.1) is 0 Å². The summed E-state index contributed by atoms with van der Waals surface area (Å²) in [5.74, 6) is 1.68. The first-order valence-corrected chi connectivity index (χ1v) is 5.56. The molecule has 15 heavy (non-hydrogen) atoms. The fraction of sp³-hybridized carbons (Fsp3) is 0.182. The molecule has 0 amide bonds. The van der Waals surface area contributed by atoms with Crippen LogP contribution in [0.3, 0.4) is 0 Å². The van der Waals surface area contributed by atoms with Crippen molar-refractivity contribution in [1.29, 1.82) is 0 Å². The van der Waals surface area contributed by atoms with Gasteiger partial charge in [-0.25, -0.2) is 0 Å². The van der Waals surface area contributed by atoms with Crippen molar-refractivity contribution in [3.8, 4) is 11.5 Å². The van der Waals surface area contributed by atoms with Crippen LogP contribution in [-0.4, -0.2) is 11.8 Å². The van der Waals surface area contributed by atoms with Gasteiger partial charge in [0.25, 0.3) is 0 Å². The molecule has 0 fully saturated rings. The average Bonchev–Trinajstić information content (AvgIpc) is 2.87. The summed E-state index contributed by atoms with van der Waals surface area (Å²) in [5.41, 5.74) is 3.07. The molecular weight excluding hydrogens is 210 g/mol. The molecule has 1 aromatic heterocycles. The second-order valence-corrected chi connectivity index (χ2v) is 4.30. The molecule has 2 aromatic rings. The zero-order valence-corrected chi connectivity index (χ0v) is 8.79. The van der Waals surface area contributed by atoms with E-state index in [0.717, 1.165) is 17.9 Å². The summed E-state index contributed by atoms with van der Waals surface area (Å²) in [7, 11) is 0. The molecule has 0 radical (unpaired) electrons. The van der Waals surface area contributed by atoms with Gasteiger partial charge in [-0.2, -0.15) is 0 Å². The summed E-state index contributed by atoms with van der Waals surface area (Å²) < 4.78 is 10.6. The lowest BCUT2D eigenvalue weighted by Gasteiger charge is -2.00. The van der Waals surface area contributed by atoms with Gasteiger partial charge in [0.2, 0.25) is 6.79 Å². The average molecular weight is 219 g/mol. The number of thiazole rings is 1. The van der Waals surface area contributed by atoms with E-state index in [2.05, 4.69) is 11.1 Å². The predicted molar refractivity (Wildman–Crippen MR) is 57.5 cm³/mol. The second-order valence-electron chi connectivity index (χ2n) is 3.33. The van der Waals surface area contributed by atoms with E-state index in [9.17, 15) is 0 Å². The molecule has 3 rings (SSSR count). The summed E-state index contributed by atoms with van der Waals surface area (Å²) >= 11 is 1.67. The summed E-state index contributed by atoms with van der Waals surface area (Å²) in [6.45, 7) is 0.333. The molecule has 1 aliphatic rings. The summed E-state index contributed by atoms with van der Waals surface area (Å²) in [6, 6.07) is 6.05. The van der Waals surface area contributed by atoms with Crippen molar-refractivity contribution in [2.24, 2.45) is 0 Å². The number of hydrogen-bond donors (Lipinski definition) is 0. The van der Waals surface area contributed by atoms with E-state index in [-0.39, 0.29) is 0 Å². The lowest BCUT2D eigenvalue weighted by molar-refractivity contribution is 0.174. The van der Waals surface area contributed by atoms with E-state index in [1.54, 1.807) is 11.3 Å². The minimum absolute atomic E-state index is 0.333. The molecule has 0 atom stereocenters. The normalized spacial score (nSPS) is 13.1. The molecule has 4 heteroatoms. The first-order chi connectivity index (χ1) is 7.42. The Kier molecular flexibility index (Phi) is 2.07. The summed E-state index contributed by atoms with van der Waals surface area (Å²) in [4.78, 5) is 5.31. The second kappa shape index (κ2) is 3.55. The Hall–Kier alpha value is -1.55. The van der Waals surface area contributed by atoms with Crippen LogP contribution in [-0.2, 0) is 6.42 Å². The molecule has 1 aliphatic heterocycles. The summed E-state index contributed by atoms with van der Waals surface area (Å²) in [6.07, 6.45) is 2.80. The molecule has 2 heterocycles. The number of aromatic nitrogens is 1. The fourth-order valence-electron chi connectivity index (χ4n) is 1.58. The third-order valence-corrected chi connectivity index (χ3v) is 3.08. The molecule has 76 valence electrons. The van der Waals surface area contributed by atoms with Gasteiger partial charge in [-0.3, -0.25) is 4.98 Å². The zero-order chi connectivity index (χ0) is 10.1. The van der Waals surface area contributed by atoms with Crippen LogP contribution in [0.25, 0.3) is 0 Å². The van der Waals surface area contributed by atoms with Crippen LogP contribution in [0.4, 0.5) is 0 Å². The topological polar surface area (TPSA) is 31.4 Å².